The third-order valence-electron chi connectivity index (χ3n) is 3.75. The smallest absolute Gasteiger partial charge is 0.350 e. The van der Waals surface area contributed by atoms with E-state index in [1.807, 2.05) is 0 Å². The quantitative estimate of drug-likeness (QED) is 0.389. The summed E-state index contributed by atoms with van der Waals surface area (Å²) in [6.45, 7) is 2.88. The molecule has 2 aromatic rings. The van der Waals surface area contributed by atoms with Gasteiger partial charge in [0.05, 0.1) is 12.0 Å². The van der Waals surface area contributed by atoms with Crippen LogP contribution in [0.5, 0.6) is 5.88 Å². The van der Waals surface area contributed by atoms with Crippen LogP contribution in [0.3, 0.4) is 0 Å². The zero-order valence-corrected chi connectivity index (χ0v) is 17.0. The maximum Gasteiger partial charge on any atom is 0.350 e. The van der Waals surface area contributed by atoms with Crippen LogP contribution in [0.4, 0.5) is 11.5 Å². The summed E-state index contributed by atoms with van der Waals surface area (Å²) in [6.07, 6.45) is 1.13. The van der Waals surface area contributed by atoms with Crippen molar-refractivity contribution in [3.05, 3.63) is 48.2 Å². The maximum absolute atomic E-state index is 12.5. The highest BCUT2D eigenvalue weighted by atomic mass is 32.2. The summed E-state index contributed by atoms with van der Waals surface area (Å²) in [7, 11) is -2.48. The second kappa shape index (κ2) is 7.99. The van der Waals surface area contributed by atoms with E-state index in [0.717, 1.165) is 6.20 Å². The van der Waals surface area contributed by atoms with E-state index in [0.29, 0.717) is 5.69 Å². The normalized spacial score (nSPS) is 15.6. The van der Waals surface area contributed by atoms with Gasteiger partial charge in [0.2, 0.25) is 5.88 Å². The lowest BCUT2D eigenvalue weighted by atomic mass is 10.2. The number of sulfonamides is 1. The first kappa shape index (κ1) is 21.0. The van der Waals surface area contributed by atoms with Crippen molar-refractivity contribution in [1.82, 2.24) is 10.2 Å². The minimum absolute atomic E-state index is 0.0278. The lowest BCUT2D eigenvalue weighted by molar-refractivity contribution is -0.222. The largest absolute Gasteiger partial charge is 0.480 e. The number of rotatable bonds is 6. The fraction of sp³-hybridized carbons (Fsp3) is 0.222. The fourth-order valence-corrected chi connectivity index (χ4v) is 3.34. The third kappa shape index (κ3) is 4.84. The highest BCUT2D eigenvalue weighted by Gasteiger charge is 2.38. The number of nitrogens with zero attached hydrogens (tertiary/aromatic N) is 2. The predicted octanol–water partition coefficient (Wildman–Crippen LogP) is 1.42. The monoisotopic (exact) mass is 434 g/mol. The number of ether oxygens (including phenoxy) is 3. The van der Waals surface area contributed by atoms with Crippen molar-refractivity contribution < 1.29 is 32.2 Å². The molecule has 0 aliphatic carbocycles. The van der Waals surface area contributed by atoms with Crippen LogP contribution >= 0.6 is 0 Å². The van der Waals surface area contributed by atoms with Crippen molar-refractivity contribution in [3.63, 3.8) is 0 Å². The summed E-state index contributed by atoms with van der Waals surface area (Å²) >= 11 is 0. The van der Waals surface area contributed by atoms with Gasteiger partial charge in [0, 0.05) is 31.8 Å². The summed E-state index contributed by atoms with van der Waals surface area (Å²) in [5.41, 5.74) is 0.113. The second-order valence-electron chi connectivity index (χ2n) is 6.47. The Hall–Kier alpha value is -3.67. The molecular formula is C18H18N4O7S. The number of methoxy groups -OCH3 is 1. The van der Waals surface area contributed by atoms with Gasteiger partial charge in [-0.15, -0.1) is 10.2 Å². The molecule has 2 N–H and O–H groups in total. The fourth-order valence-electron chi connectivity index (χ4n) is 2.34. The molecular weight excluding hydrogens is 416 g/mol. The Morgan fingerprint density at radius 2 is 1.63 bits per heavy atom. The Kier molecular flexibility index (Phi) is 5.60. The number of benzene rings is 1. The second-order valence-corrected chi connectivity index (χ2v) is 8.15. The van der Waals surface area contributed by atoms with E-state index in [1.54, 1.807) is 0 Å². The van der Waals surface area contributed by atoms with Crippen LogP contribution in [0.15, 0.2) is 53.1 Å². The standard InChI is InChI=1S/C18H18N4O7S/c1-18(2)28-16(23)13(17(24)29-18)10-19-11-4-6-12(7-5-11)30(25,26)22-14-8-9-15(27-3)21-20-14/h4-10,19H,1-3H3,(H,20,22). The maximum atomic E-state index is 12.5. The summed E-state index contributed by atoms with van der Waals surface area (Å²) in [4.78, 5) is 23.8. The first-order valence-electron chi connectivity index (χ1n) is 8.54. The van der Waals surface area contributed by atoms with Crippen LogP contribution in [-0.4, -0.2) is 43.5 Å². The first-order chi connectivity index (χ1) is 14.1. The number of nitrogens with one attached hydrogen (secondary N) is 2. The van der Waals surface area contributed by atoms with E-state index in [9.17, 15) is 18.0 Å². The van der Waals surface area contributed by atoms with E-state index in [-0.39, 0.29) is 22.2 Å². The number of aromatic nitrogens is 2. The predicted molar refractivity (Wildman–Crippen MR) is 104 cm³/mol. The molecule has 1 aliphatic heterocycles. The van der Waals surface area contributed by atoms with Gasteiger partial charge in [0.1, 0.15) is 0 Å². The van der Waals surface area contributed by atoms with Crippen molar-refractivity contribution in [2.75, 3.05) is 17.1 Å². The van der Waals surface area contributed by atoms with E-state index < -0.39 is 27.7 Å². The average Bonchev–Trinajstić information content (AvgIpc) is 2.67. The number of carbonyl (C=O) groups excluding carboxylic acids is 2. The van der Waals surface area contributed by atoms with E-state index in [4.69, 9.17) is 14.2 Å². The number of anilines is 2. The average molecular weight is 434 g/mol. The number of cyclic esters (lactones) is 2. The molecule has 12 heteroatoms. The molecule has 0 spiro atoms. The molecule has 1 aromatic carbocycles. The molecule has 0 bridgehead atoms. The van der Waals surface area contributed by atoms with Gasteiger partial charge in [0.15, 0.2) is 11.4 Å². The summed E-state index contributed by atoms with van der Waals surface area (Å²) < 4.78 is 42.0. The molecule has 1 aliphatic rings. The Labute approximate surface area is 172 Å². The third-order valence-corrected chi connectivity index (χ3v) is 5.12. The number of esters is 2. The van der Waals surface area contributed by atoms with Crippen LogP contribution in [-0.2, 0) is 29.1 Å². The summed E-state index contributed by atoms with van der Waals surface area (Å²) in [6, 6.07) is 8.45. The van der Waals surface area contributed by atoms with Crippen LogP contribution in [0.1, 0.15) is 13.8 Å². The van der Waals surface area contributed by atoms with Crippen molar-refractivity contribution in [3.8, 4) is 5.88 Å². The Bertz CT molecular complexity index is 1070. The van der Waals surface area contributed by atoms with Gasteiger partial charge < -0.3 is 19.5 Å². The van der Waals surface area contributed by atoms with Crippen LogP contribution in [0.25, 0.3) is 0 Å². The van der Waals surface area contributed by atoms with E-state index in [1.165, 1.54) is 57.4 Å². The Morgan fingerprint density at radius 1 is 1.00 bits per heavy atom. The molecule has 0 amide bonds. The van der Waals surface area contributed by atoms with Crippen molar-refractivity contribution in [1.29, 1.82) is 0 Å². The number of carbonyl (C=O) groups is 2. The molecule has 158 valence electrons. The van der Waals surface area contributed by atoms with Gasteiger partial charge in [-0.1, -0.05) is 0 Å². The van der Waals surface area contributed by atoms with Gasteiger partial charge in [-0.3, -0.25) is 4.72 Å². The van der Waals surface area contributed by atoms with Crippen molar-refractivity contribution in [2.45, 2.75) is 24.5 Å². The molecule has 30 heavy (non-hydrogen) atoms. The highest BCUT2D eigenvalue weighted by Crippen LogP contribution is 2.23. The molecule has 0 radical (unpaired) electrons. The minimum Gasteiger partial charge on any atom is -0.480 e. The molecule has 2 heterocycles. The summed E-state index contributed by atoms with van der Waals surface area (Å²) in [5, 5.41) is 10.1. The zero-order chi connectivity index (χ0) is 21.9. The summed E-state index contributed by atoms with van der Waals surface area (Å²) in [5.74, 6) is -2.71. The molecule has 1 fully saturated rings. The molecule has 0 saturated carbocycles. The first-order valence-corrected chi connectivity index (χ1v) is 10.0. The van der Waals surface area contributed by atoms with Crippen LogP contribution in [0.2, 0.25) is 0 Å². The topological polar surface area (TPSA) is 146 Å². The van der Waals surface area contributed by atoms with Gasteiger partial charge in [0.25, 0.3) is 15.8 Å². The molecule has 1 aromatic heterocycles. The van der Waals surface area contributed by atoms with Crippen LogP contribution < -0.4 is 14.8 Å². The SMILES string of the molecule is COc1ccc(NS(=O)(=O)c2ccc(NC=C3C(=O)OC(C)(C)OC3=O)cc2)nn1. The number of hydrogen-bond acceptors (Lipinski definition) is 10. The molecule has 1 saturated heterocycles. The Balaban J connectivity index is 1.69. The van der Waals surface area contributed by atoms with E-state index in [2.05, 4.69) is 20.2 Å². The lowest BCUT2D eigenvalue weighted by Gasteiger charge is -2.29. The molecule has 11 nitrogen and oxygen atoms in total. The molecule has 3 rings (SSSR count). The van der Waals surface area contributed by atoms with Gasteiger partial charge in [-0.05, 0) is 30.3 Å². The highest BCUT2D eigenvalue weighted by molar-refractivity contribution is 7.92. The minimum atomic E-state index is -3.90. The van der Waals surface area contributed by atoms with Gasteiger partial charge in [-0.2, -0.15) is 0 Å². The molecule has 0 atom stereocenters. The molecule has 0 unspecified atom stereocenters. The number of hydrogen-bond donors (Lipinski definition) is 2. The van der Waals surface area contributed by atoms with Gasteiger partial charge in [-0.25, -0.2) is 18.0 Å². The van der Waals surface area contributed by atoms with E-state index >= 15 is 0 Å². The van der Waals surface area contributed by atoms with Crippen molar-refractivity contribution >= 4 is 33.5 Å². The van der Waals surface area contributed by atoms with Crippen LogP contribution in [0, 0.1) is 0 Å². The van der Waals surface area contributed by atoms with Crippen molar-refractivity contribution in [2.24, 2.45) is 0 Å². The zero-order valence-electron chi connectivity index (χ0n) is 16.2. The van der Waals surface area contributed by atoms with Gasteiger partial charge >= 0.3 is 11.9 Å². The Morgan fingerprint density at radius 3 is 2.17 bits per heavy atom. The lowest BCUT2D eigenvalue weighted by Crippen LogP contribution is -2.42.